The minimum absolute atomic E-state index is 0.197. The molecule has 0 aromatic carbocycles. The topological polar surface area (TPSA) is 12.9 Å². The lowest BCUT2D eigenvalue weighted by atomic mass is 9.85. The lowest BCUT2D eigenvalue weighted by Crippen LogP contribution is -2.20. The minimum Gasteiger partial charge on any atom is -0.197 e. The highest BCUT2D eigenvalue weighted by molar-refractivity contribution is 9.09. The average molecular weight is 248 g/mol. The van der Waals surface area contributed by atoms with Gasteiger partial charge in [0.1, 0.15) is 0 Å². The van der Waals surface area contributed by atoms with Gasteiger partial charge in [0, 0.05) is 15.6 Å². The van der Waals surface area contributed by atoms with Crippen LogP contribution in [0.15, 0.2) is 11.4 Å². The summed E-state index contributed by atoms with van der Waals surface area (Å²) in [5, 5.41) is 2.04. The highest BCUT2D eigenvalue weighted by atomic mass is 79.9. The van der Waals surface area contributed by atoms with Gasteiger partial charge in [-0.15, -0.1) is 0 Å². The summed E-state index contributed by atoms with van der Waals surface area (Å²) in [6, 6.07) is 2.11. The predicted octanol–water partition coefficient (Wildman–Crippen LogP) is 3.59. The van der Waals surface area contributed by atoms with E-state index in [1.165, 1.54) is 17.2 Å². The Hall–Kier alpha value is 0.110. The first-order chi connectivity index (χ1) is 5.52. The second-order valence-corrected chi connectivity index (χ2v) is 5.98. The van der Waals surface area contributed by atoms with Crippen molar-refractivity contribution in [1.29, 1.82) is 0 Å². The van der Waals surface area contributed by atoms with Gasteiger partial charge in [-0.3, -0.25) is 0 Å². The van der Waals surface area contributed by atoms with Gasteiger partial charge in [0.05, 0.1) is 5.69 Å². The van der Waals surface area contributed by atoms with E-state index in [1.54, 1.807) is 0 Å². The molecule has 0 saturated heterocycles. The number of halogens is 1. The standard InChI is InChI=1S/C9H14BrNS/c1-7(10)6-9(2,3)8-4-5-12-11-8/h4-5,7H,6H2,1-3H3. The quantitative estimate of drug-likeness (QED) is 0.745. The third kappa shape index (κ3) is 2.56. The Morgan fingerprint density at radius 2 is 2.33 bits per heavy atom. The number of hydrogen-bond donors (Lipinski definition) is 0. The molecule has 12 heavy (non-hydrogen) atoms. The Bertz CT molecular complexity index is 229. The van der Waals surface area contributed by atoms with Crippen LogP contribution >= 0.6 is 27.5 Å². The van der Waals surface area contributed by atoms with Gasteiger partial charge in [-0.05, 0) is 24.0 Å². The first-order valence-electron chi connectivity index (χ1n) is 4.07. The van der Waals surface area contributed by atoms with E-state index < -0.39 is 0 Å². The Kier molecular flexibility index (Phi) is 3.29. The zero-order valence-corrected chi connectivity index (χ0v) is 10.1. The smallest absolute Gasteiger partial charge is 0.0598 e. The van der Waals surface area contributed by atoms with E-state index in [1.807, 2.05) is 5.38 Å². The molecule has 1 atom stereocenters. The maximum Gasteiger partial charge on any atom is 0.0598 e. The normalized spacial score (nSPS) is 14.7. The molecule has 68 valence electrons. The maximum absolute atomic E-state index is 4.36. The minimum atomic E-state index is 0.197. The SMILES string of the molecule is CC(Br)CC(C)(C)c1ccsn1. The molecule has 0 aliphatic rings. The Morgan fingerprint density at radius 3 is 2.75 bits per heavy atom. The van der Waals surface area contributed by atoms with Gasteiger partial charge in [0.15, 0.2) is 0 Å². The van der Waals surface area contributed by atoms with Crippen molar-refractivity contribution < 1.29 is 0 Å². The largest absolute Gasteiger partial charge is 0.197 e. The van der Waals surface area contributed by atoms with E-state index in [0.717, 1.165) is 6.42 Å². The highest BCUT2D eigenvalue weighted by Crippen LogP contribution is 2.29. The lowest BCUT2D eigenvalue weighted by Gasteiger charge is -2.23. The summed E-state index contributed by atoms with van der Waals surface area (Å²) in [5.74, 6) is 0. The molecule has 1 rings (SSSR count). The third-order valence-corrected chi connectivity index (χ3v) is 2.81. The molecule has 0 bridgehead atoms. The van der Waals surface area contributed by atoms with Gasteiger partial charge in [0.2, 0.25) is 0 Å². The predicted molar refractivity (Wildman–Crippen MR) is 58.1 cm³/mol. The maximum atomic E-state index is 4.36. The molecule has 0 saturated carbocycles. The van der Waals surface area contributed by atoms with Gasteiger partial charge in [-0.2, -0.15) is 4.37 Å². The first-order valence-corrected chi connectivity index (χ1v) is 5.82. The molecule has 0 amide bonds. The first kappa shape index (κ1) is 10.2. The molecule has 1 aromatic rings. The Morgan fingerprint density at radius 1 is 1.67 bits per heavy atom. The van der Waals surface area contributed by atoms with E-state index in [9.17, 15) is 0 Å². The molecule has 0 N–H and O–H groups in total. The van der Waals surface area contributed by atoms with Crippen LogP contribution in [0.5, 0.6) is 0 Å². The van der Waals surface area contributed by atoms with Gasteiger partial charge in [0.25, 0.3) is 0 Å². The molecule has 0 aliphatic carbocycles. The van der Waals surface area contributed by atoms with E-state index in [-0.39, 0.29) is 5.41 Å². The van der Waals surface area contributed by atoms with E-state index in [2.05, 4.69) is 47.1 Å². The molecule has 1 aromatic heterocycles. The molecule has 3 heteroatoms. The summed E-state index contributed by atoms with van der Waals surface area (Å²) in [7, 11) is 0. The molecule has 0 aliphatic heterocycles. The fourth-order valence-corrected chi connectivity index (χ4v) is 2.85. The van der Waals surface area contributed by atoms with Crippen LogP contribution in [0, 0.1) is 0 Å². The fraction of sp³-hybridized carbons (Fsp3) is 0.667. The van der Waals surface area contributed by atoms with Crippen LogP contribution in [-0.4, -0.2) is 9.20 Å². The summed E-state index contributed by atoms with van der Waals surface area (Å²) in [6.07, 6.45) is 1.12. The van der Waals surface area contributed by atoms with E-state index in [0.29, 0.717) is 4.83 Å². The van der Waals surface area contributed by atoms with Gasteiger partial charge in [-0.25, -0.2) is 0 Å². The highest BCUT2D eigenvalue weighted by Gasteiger charge is 2.24. The van der Waals surface area contributed by atoms with E-state index in [4.69, 9.17) is 0 Å². The van der Waals surface area contributed by atoms with Crippen molar-refractivity contribution in [3.8, 4) is 0 Å². The van der Waals surface area contributed by atoms with Crippen LogP contribution in [-0.2, 0) is 5.41 Å². The van der Waals surface area contributed by atoms with Crippen molar-refractivity contribution in [1.82, 2.24) is 4.37 Å². The van der Waals surface area contributed by atoms with Crippen molar-refractivity contribution in [3.63, 3.8) is 0 Å². The number of nitrogens with zero attached hydrogens (tertiary/aromatic N) is 1. The summed E-state index contributed by atoms with van der Waals surface area (Å²) < 4.78 is 4.36. The van der Waals surface area contributed by atoms with Crippen molar-refractivity contribution >= 4 is 27.5 Å². The zero-order chi connectivity index (χ0) is 9.19. The summed E-state index contributed by atoms with van der Waals surface area (Å²) in [5.41, 5.74) is 1.40. The second-order valence-electron chi connectivity index (χ2n) is 3.75. The van der Waals surface area contributed by atoms with E-state index >= 15 is 0 Å². The van der Waals surface area contributed by atoms with Crippen LogP contribution in [0.2, 0.25) is 0 Å². The Balaban J connectivity index is 2.72. The second kappa shape index (κ2) is 3.88. The molecular formula is C9H14BrNS. The molecule has 0 spiro atoms. The fourth-order valence-electron chi connectivity index (χ4n) is 1.37. The van der Waals surface area contributed by atoms with Crippen LogP contribution in [0.3, 0.4) is 0 Å². The van der Waals surface area contributed by atoms with Crippen molar-refractivity contribution in [2.45, 2.75) is 37.4 Å². The molecule has 0 fully saturated rings. The molecule has 0 radical (unpaired) electrons. The van der Waals surface area contributed by atoms with Crippen molar-refractivity contribution in [2.24, 2.45) is 0 Å². The lowest BCUT2D eigenvalue weighted by molar-refractivity contribution is 0.472. The summed E-state index contributed by atoms with van der Waals surface area (Å²) in [6.45, 7) is 6.65. The average Bonchev–Trinajstić information content (AvgIpc) is 2.32. The van der Waals surface area contributed by atoms with Crippen LogP contribution in [0.25, 0.3) is 0 Å². The number of rotatable bonds is 3. The summed E-state index contributed by atoms with van der Waals surface area (Å²) in [4.78, 5) is 0.550. The van der Waals surface area contributed by atoms with Crippen LogP contribution < -0.4 is 0 Å². The van der Waals surface area contributed by atoms with Crippen LogP contribution in [0.4, 0.5) is 0 Å². The van der Waals surface area contributed by atoms with Crippen molar-refractivity contribution in [2.75, 3.05) is 0 Å². The number of alkyl halides is 1. The van der Waals surface area contributed by atoms with Gasteiger partial charge in [-0.1, -0.05) is 36.7 Å². The summed E-state index contributed by atoms with van der Waals surface area (Å²) >= 11 is 5.10. The van der Waals surface area contributed by atoms with Crippen LogP contribution in [0.1, 0.15) is 32.9 Å². The Labute approximate surface area is 86.5 Å². The zero-order valence-electron chi connectivity index (χ0n) is 7.67. The van der Waals surface area contributed by atoms with Crippen molar-refractivity contribution in [3.05, 3.63) is 17.1 Å². The van der Waals surface area contributed by atoms with Gasteiger partial charge < -0.3 is 0 Å². The molecule has 1 heterocycles. The number of aromatic nitrogens is 1. The molecule has 1 nitrogen and oxygen atoms in total. The molecular weight excluding hydrogens is 234 g/mol. The molecule has 1 unspecified atom stereocenters. The monoisotopic (exact) mass is 247 g/mol. The van der Waals surface area contributed by atoms with Gasteiger partial charge >= 0.3 is 0 Å². The number of hydrogen-bond acceptors (Lipinski definition) is 2. The third-order valence-electron chi connectivity index (χ3n) is 1.92.